The molecule has 6 nitrogen and oxygen atoms in total. The Morgan fingerprint density at radius 1 is 1.38 bits per heavy atom. The third kappa shape index (κ3) is 5.09. The van der Waals surface area contributed by atoms with E-state index >= 15 is 0 Å². The monoisotopic (exact) mass is 227 g/mol. The first kappa shape index (κ1) is 12.9. The summed E-state index contributed by atoms with van der Waals surface area (Å²) in [6.07, 6.45) is 6.59. The zero-order valence-corrected chi connectivity index (χ0v) is 9.48. The number of hydrazone groups is 1. The third-order valence-electron chi connectivity index (χ3n) is 3.00. The van der Waals surface area contributed by atoms with E-state index in [1.165, 1.54) is 0 Å². The fourth-order valence-electron chi connectivity index (χ4n) is 2.17. The lowest BCUT2D eigenvalue weighted by Gasteiger charge is -2.28. The van der Waals surface area contributed by atoms with Crippen LogP contribution >= 0.6 is 0 Å². The molecule has 6 N–H and O–H groups in total. The van der Waals surface area contributed by atoms with Gasteiger partial charge in [0.05, 0.1) is 0 Å². The van der Waals surface area contributed by atoms with Crippen molar-refractivity contribution in [3.05, 3.63) is 0 Å². The molecule has 0 atom stereocenters. The van der Waals surface area contributed by atoms with Crippen LogP contribution in [0.5, 0.6) is 0 Å². The second kappa shape index (κ2) is 7.19. The van der Waals surface area contributed by atoms with E-state index in [0.717, 1.165) is 32.2 Å². The van der Waals surface area contributed by atoms with E-state index in [9.17, 15) is 4.79 Å². The van der Waals surface area contributed by atoms with Crippen LogP contribution in [-0.2, 0) is 4.79 Å². The zero-order chi connectivity index (χ0) is 11.8. The van der Waals surface area contributed by atoms with Crippen LogP contribution in [-0.4, -0.2) is 24.7 Å². The van der Waals surface area contributed by atoms with E-state index in [1.807, 2.05) is 0 Å². The van der Waals surface area contributed by atoms with Crippen molar-refractivity contribution < 1.29 is 4.79 Å². The van der Waals surface area contributed by atoms with Gasteiger partial charge in [0, 0.05) is 25.2 Å². The number of carbonyl (C=O) groups excluding carboxylic acids is 1. The van der Waals surface area contributed by atoms with E-state index < -0.39 is 0 Å². The zero-order valence-electron chi connectivity index (χ0n) is 9.48. The van der Waals surface area contributed by atoms with E-state index in [1.54, 1.807) is 6.21 Å². The largest absolute Gasteiger partial charge is 0.370 e. The normalized spacial score (nSPS) is 25.8. The highest BCUT2D eigenvalue weighted by atomic mass is 16.1. The van der Waals surface area contributed by atoms with Crippen LogP contribution in [0.2, 0.25) is 0 Å². The maximum Gasteiger partial charge on any atom is 0.217 e. The number of carbonyl (C=O) groups is 1. The molecule has 1 aliphatic rings. The maximum absolute atomic E-state index is 10.8. The summed E-state index contributed by atoms with van der Waals surface area (Å²) in [7, 11) is 0. The van der Waals surface area contributed by atoms with Gasteiger partial charge in [0.1, 0.15) is 0 Å². The van der Waals surface area contributed by atoms with E-state index in [2.05, 4.69) is 16.0 Å². The summed E-state index contributed by atoms with van der Waals surface area (Å²) < 4.78 is 0. The first-order valence-electron chi connectivity index (χ1n) is 5.71. The maximum atomic E-state index is 10.8. The molecular weight excluding hydrogens is 206 g/mol. The summed E-state index contributed by atoms with van der Waals surface area (Å²) in [6.45, 7) is 0.718. The molecule has 6 heteroatoms. The van der Waals surface area contributed by atoms with E-state index in [-0.39, 0.29) is 5.91 Å². The number of amides is 1. The number of nitrogens with zero attached hydrogens (tertiary/aromatic N) is 1. The highest BCUT2D eigenvalue weighted by Crippen LogP contribution is 2.26. The predicted molar refractivity (Wildman–Crippen MR) is 63.4 cm³/mol. The lowest BCUT2D eigenvalue weighted by atomic mass is 9.84. The van der Waals surface area contributed by atoms with Crippen LogP contribution in [0.25, 0.3) is 0 Å². The minimum atomic E-state index is -0.183. The van der Waals surface area contributed by atoms with Crippen molar-refractivity contribution in [1.29, 1.82) is 0 Å². The summed E-state index contributed by atoms with van der Waals surface area (Å²) in [5.74, 6) is 5.29. The fraction of sp³-hybridized carbons (Fsp3) is 0.800. The summed E-state index contributed by atoms with van der Waals surface area (Å²) in [4.78, 5) is 10.8. The minimum absolute atomic E-state index is 0.183. The van der Waals surface area contributed by atoms with Crippen molar-refractivity contribution in [2.24, 2.45) is 22.6 Å². The molecule has 0 aromatic heterocycles. The standard InChI is InChI=1S/C10H21N5O/c11-10(16)7-8-1-3-9(4-2-8)13-5-6-14-15-12/h6,8-9,13,15H,1-5,7,12H2,(H2,11,16)/b14-6+. The highest BCUT2D eigenvalue weighted by molar-refractivity contribution is 5.73. The number of primary amides is 1. The van der Waals surface area contributed by atoms with Gasteiger partial charge in [0.15, 0.2) is 0 Å². The molecule has 92 valence electrons. The highest BCUT2D eigenvalue weighted by Gasteiger charge is 2.21. The number of nitrogens with one attached hydrogen (secondary N) is 2. The quantitative estimate of drug-likeness (QED) is 0.278. The Bertz CT molecular complexity index is 235. The van der Waals surface area contributed by atoms with Crippen molar-refractivity contribution in [3.8, 4) is 0 Å². The Morgan fingerprint density at radius 2 is 2.06 bits per heavy atom. The molecule has 0 bridgehead atoms. The molecule has 0 spiro atoms. The Morgan fingerprint density at radius 3 is 2.62 bits per heavy atom. The van der Waals surface area contributed by atoms with Crippen LogP contribution in [0, 0.1) is 5.92 Å². The first-order valence-corrected chi connectivity index (χ1v) is 5.71. The smallest absolute Gasteiger partial charge is 0.217 e. The second-order valence-corrected chi connectivity index (χ2v) is 4.24. The second-order valence-electron chi connectivity index (χ2n) is 4.24. The number of nitrogens with two attached hydrogens (primary N) is 2. The van der Waals surface area contributed by atoms with Crippen molar-refractivity contribution in [2.75, 3.05) is 6.54 Å². The van der Waals surface area contributed by atoms with Gasteiger partial charge >= 0.3 is 0 Å². The molecule has 0 saturated heterocycles. The topological polar surface area (TPSA) is 106 Å². The van der Waals surface area contributed by atoms with Crippen LogP contribution in [0.15, 0.2) is 5.10 Å². The van der Waals surface area contributed by atoms with Crippen molar-refractivity contribution in [3.63, 3.8) is 0 Å². The molecule has 0 radical (unpaired) electrons. The number of hydrogen-bond donors (Lipinski definition) is 4. The molecule has 1 aliphatic carbocycles. The lowest BCUT2D eigenvalue weighted by molar-refractivity contribution is -0.119. The average molecular weight is 227 g/mol. The van der Waals surface area contributed by atoms with Crippen LogP contribution in [0.3, 0.4) is 0 Å². The molecule has 0 aliphatic heterocycles. The average Bonchev–Trinajstić information content (AvgIpc) is 2.26. The van der Waals surface area contributed by atoms with Crippen LogP contribution < -0.4 is 22.4 Å². The van der Waals surface area contributed by atoms with Gasteiger partial charge in [0.2, 0.25) is 5.91 Å². The van der Waals surface area contributed by atoms with E-state index in [0.29, 0.717) is 18.4 Å². The molecule has 16 heavy (non-hydrogen) atoms. The molecule has 1 rings (SSSR count). The van der Waals surface area contributed by atoms with Gasteiger partial charge in [-0.3, -0.25) is 4.79 Å². The number of rotatable bonds is 6. The minimum Gasteiger partial charge on any atom is -0.370 e. The summed E-state index contributed by atoms with van der Waals surface area (Å²) >= 11 is 0. The molecule has 1 saturated carbocycles. The Labute approximate surface area is 95.8 Å². The molecule has 0 unspecified atom stereocenters. The Balaban J connectivity index is 2.12. The Hall–Kier alpha value is -1.14. The molecular formula is C10H21N5O. The lowest BCUT2D eigenvalue weighted by Crippen LogP contribution is -2.35. The van der Waals surface area contributed by atoms with E-state index in [4.69, 9.17) is 11.6 Å². The molecule has 0 heterocycles. The molecule has 0 aromatic rings. The van der Waals surface area contributed by atoms with Crippen molar-refractivity contribution in [1.82, 2.24) is 10.9 Å². The van der Waals surface area contributed by atoms with Gasteiger partial charge in [0.25, 0.3) is 0 Å². The Kier molecular flexibility index (Phi) is 5.81. The van der Waals surface area contributed by atoms with Gasteiger partial charge in [-0.2, -0.15) is 5.10 Å². The van der Waals surface area contributed by atoms with Crippen LogP contribution in [0.4, 0.5) is 0 Å². The summed E-state index contributed by atoms with van der Waals surface area (Å²) in [5, 5.41) is 7.06. The van der Waals surface area contributed by atoms with Gasteiger partial charge in [-0.05, 0) is 31.6 Å². The summed E-state index contributed by atoms with van der Waals surface area (Å²) in [5.41, 5.74) is 7.39. The van der Waals surface area contributed by atoms with Gasteiger partial charge in [-0.1, -0.05) is 0 Å². The first-order chi connectivity index (χ1) is 7.72. The SMILES string of the molecule is NN/N=C/CNC1CCC(CC(N)=O)CC1. The van der Waals surface area contributed by atoms with Gasteiger partial charge < -0.3 is 11.1 Å². The molecule has 1 amide bonds. The predicted octanol–water partition coefficient (Wildman–Crippen LogP) is -0.541. The van der Waals surface area contributed by atoms with Gasteiger partial charge in [-0.15, -0.1) is 0 Å². The summed E-state index contributed by atoms with van der Waals surface area (Å²) in [6, 6.07) is 0.522. The molecule has 0 aromatic carbocycles. The van der Waals surface area contributed by atoms with Gasteiger partial charge in [-0.25, -0.2) is 11.4 Å². The van der Waals surface area contributed by atoms with Crippen molar-refractivity contribution >= 4 is 12.1 Å². The van der Waals surface area contributed by atoms with Crippen molar-refractivity contribution in [2.45, 2.75) is 38.1 Å². The number of hydrogen-bond acceptors (Lipinski definition) is 5. The van der Waals surface area contributed by atoms with Crippen LogP contribution in [0.1, 0.15) is 32.1 Å². The number of hydrazine groups is 1. The molecule has 1 fully saturated rings. The third-order valence-corrected chi connectivity index (χ3v) is 3.00. The fourth-order valence-corrected chi connectivity index (χ4v) is 2.17.